The highest BCUT2D eigenvalue weighted by atomic mass is 16.5. The summed E-state index contributed by atoms with van der Waals surface area (Å²) in [5.41, 5.74) is 3.17. The smallest absolute Gasteiger partial charge is 0.275 e. The van der Waals surface area contributed by atoms with E-state index in [1.807, 2.05) is 25.1 Å². The number of amides is 1. The van der Waals surface area contributed by atoms with Gasteiger partial charge in [-0.1, -0.05) is 42.5 Å². The first-order chi connectivity index (χ1) is 16.9. The Balaban J connectivity index is 1.11. The van der Waals surface area contributed by atoms with Crippen molar-refractivity contribution in [1.82, 2.24) is 20.0 Å². The summed E-state index contributed by atoms with van der Waals surface area (Å²) in [6, 6.07) is 16.0. The highest BCUT2D eigenvalue weighted by Gasteiger charge is 2.42. The van der Waals surface area contributed by atoms with Crippen molar-refractivity contribution in [2.75, 3.05) is 19.6 Å². The number of rotatable bonds is 6. The van der Waals surface area contributed by atoms with Crippen molar-refractivity contribution in [2.24, 2.45) is 0 Å². The summed E-state index contributed by atoms with van der Waals surface area (Å²) in [6.45, 7) is 7.46. The second-order valence-corrected chi connectivity index (χ2v) is 10.1. The SMILES string of the molecule is Cc1ccccc1CN1CCC2(CCC(CNC(=O)Cn3nc(C)c4ccccc4c3=O)O2)CC1. The minimum Gasteiger partial charge on any atom is -0.370 e. The van der Waals surface area contributed by atoms with Crippen molar-refractivity contribution >= 4 is 16.7 Å². The highest BCUT2D eigenvalue weighted by molar-refractivity contribution is 5.83. The number of likely N-dealkylation sites (tertiary alicyclic amines) is 1. The van der Waals surface area contributed by atoms with Gasteiger partial charge in [-0.25, -0.2) is 4.68 Å². The number of hydrogen-bond donors (Lipinski definition) is 1. The lowest BCUT2D eigenvalue weighted by Gasteiger charge is -2.39. The minimum absolute atomic E-state index is 0.0184. The number of fused-ring (bicyclic) bond motifs is 1. The molecule has 5 rings (SSSR count). The number of piperidine rings is 1. The number of ether oxygens (including phenoxy) is 1. The Kier molecular flexibility index (Phi) is 6.71. The Labute approximate surface area is 206 Å². The van der Waals surface area contributed by atoms with Gasteiger partial charge < -0.3 is 10.1 Å². The zero-order valence-corrected chi connectivity index (χ0v) is 20.6. The van der Waals surface area contributed by atoms with Gasteiger partial charge in [0.2, 0.25) is 5.91 Å². The van der Waals surface area contributed by atoms with Crippen LogP contribution in [-0.2, 0) is 22.6 Å². The maximum absolute atomic E-state index is 12.7. The van der Waals surface area contributed by atoms with Crippen molar-refractivity contribution in [3.8, 4) is 0 Å². The molecule has 2 fully saturated rings. The molecule has 184 valence electrons. The molecule has 0 aliphatic carbocycles. The lowest BCUT2D eigenvalue weighted by molar-refractivity contribution is -0.123. The van der Waals surface area contributed by atoms with Gasteiger partial charge in [0.1, 0.15) is 6.54 Å². The molecule has 2 aliphatic rings. The third-order valence-corrected chi connectivity index (χ3v) is 7.63. The molecule has 1 atom stereocenters. The molecule has 1 amide bonds. The second kappa shape index (κ2) is 9.91. The first-order valence-corrected chi connectivity index (χ1v) is 12.6. The summed E-state index contributed by atoms with van der Waals surface area (Å²) in [6.07, 6.45) is 4.06. The third-order valence-electron chi connectivity index (χ3n) is 7.63. The monoisotopic (exact) mass is 474 g/mol. The van der Waals surface area contributed by atoms with Gasteiger partial charge in [0.15, 0.2) is 0 Å². The average Bonchev–Trinajstić information content (AvgIpc) is 3.26. The number of aryl methyl sites for hydroxylation is 2. The zero-order chi connectivity index (χ0) is 24.4. The van der Waals surface area contributed by atoms with Crippen LogP contribution in [0.4, 0.5) is 0 Å². The Bertz CT molecular complexity index is 1280. The lowest BCUT2D eigenvalue weighted by Crippen LogP contribution is -2.45. The lowest BCUT2D eigenvalue weighted by atomic mass is 9.88. The molecule has 1 unspecified atom stereocenters. The van der Waals surface area contributed by atoms with Crippen molar-refractivity contribution in [3.05, 3.63) is 75.7 Å². The highest BCUT2D eigenvalue weighted by Crippen LogP contribution is 2.39. The number of nitrogens with zero attached hydrogens (tertiary/aromatic N) is 3. The minimum atomic E-state index is -0.241. The van der Waals surface area contributed by atoms with E-state index in [0.717, 1.165) is 56.4 Å². The van der Waals surface area contributed by atoms with Crippen LogP contribution in [0, 0.1) is 13.8 Å². The van der Waals surface area contributed by atoms with Gasteiger partial charge >= 0.3 is 0 Å². The van der Waals surface area contributed by atoms with E-state index < -0.39 is 0 Å². The van der Waals surface area contributed by atoms with Crippen LogP contribution < -0.4 is 10.9 Å². The Morgan fingerprint density at radius 1 is 1.06 bits per heavy atom. The first kappa shape index (κ1) is 23.7. The molecule has 1 aromatic heterocycles. The van der Waals surface area contributed by atoms with Gasteiger partial charge in [0.05, 0.1) is 22.8 Å². The van der Waals surface area contributed by atoms with Crippen molar-refractivity contribution < 1.29 is 9.53 Å². The summed E-state index contributed by atoms with van der Waals surface area (Å²) in [4.78, 5) is 27.9. The van der Waals surface area contributed by atoms with E-state index in [1.54, 1.807) is 6.07 Å². The maximum Gasteiger partial charge on any atom is 0.275 e. The quantitative estimate of drug-likeness (QED) is 0.593. The molecule has 2 aromatic carbocycles. The number of carbonyl (C=O) groups is 1. The summed E-state index contributed by atoms with van der Waals surface area (Å²) in [7, 11) is 0. The molecule has 0 radical (unpaired) electrons. The van der Waals surface area contributed by atoms with Crippen LogP contribution in [0.2, 0.25) is 0 Å². The average molecular weight is 475 g/mol. The molecule has 2 aliphatic heterocycles. The molecule has 3 aromatic rings. The largest absolute Gasteiger partial charge is 0.370 e. The fraction of sp³-hybridized carbons (Fsp3) is 0.464. The van der Waals surface area contributed by atoms with E-state index in [9.17, 15) is 9.59 Å². The second-order valence-electron chi connectivity index (χ2n) is 10.1. The Morgan fingerprint density at radius 2 is 1.77 bits per heavy atom. The van der Waals surface area contributed by atoms with Crippen LogP contribution in [-0.4, -0.2) is 51.9 Å². The van der Waals surface area contributed by atoms with Gasteiger partial charge in [0, 0.05) is 31.6 Å². The summed E-state index contributed by atoms with van der Waals surface area (Å²) < 4.78 is 7.75. The molecule has 7 nitrogen and oxygen atoms in total. The van der Waals surface area contributed by atoms with Gasteiger partial charge in [-0.05, 0) is 56.7 Å². The van der Waals surface area contributed by atoms with Crippen LogP contribution in [0.25, 0.3) is 10.8 Å². The summed E-state index contributed by atoms with van der Waals surface area (Å²) in [5, 5.41) is 8.71. The molecule has 35 heavy (non-hydrogen) atoms. The molecular formula is C28H34N4O3. The van der Waals surface area contributed by atoms with E-state index in [-0.39, 0.29) is 29.7 Å². The number of aromatic nitrogens is 2. The van der Waals surface area contributed by atoms with Crippen molar-refractivity contribution in [2.45, 2.75) is 64.3 Å². The van der Waals surface area contributed by atoms with E-state index in [0.29, 0.717) is 11.9 Å². The molecule has 0 saturated carbocycles. The van der Waals surface area contributed by atoms with Crippen LogP contribution in [0.3, 0.4) is 0 Å². The summed E-state index contributed by atoms with van der Waals surface area (Å²) in [5.74, 6) is -0.216. The summed E-state index contributed by atoms with van der Waals surface area (Å²) >= 11 is 0. The molecular weight excluding hydrogens is 440 g/mol. The van der Waals surface area contributed by atoms with Gasteiger partial charge in [-0.3, -0.25) is 14.5 Å². The van der Waals surface area contributed by atoms with Crippen molar-refractivity contribution in [1.29, 1.82) is 0 Å². The number of nitrogens with one attached hydrogen (secondary N) is 1. The molecule has 1 N–H and O–H groups in total. The molecule has 0 bridgehead atoms. The van der Waals surface area contributed by atoms with Crippen LogP contribution in [0.15, 0.2) is 53.3 Å². The first-order valence-electron chi connectivity index (χ1n) is 12.6. The van der Waals surface area contributed by atoms with E-state index >= 15 is 0 Å². The Hall–Kier alpha value is -3.03. The van der Waals surface area contributed by atoms with Gasteiger partial charge in [-0.2, -0.15) is 5.10 Å². The van der Waals surface area contributed by atoms with Crippen LogP contribution in [0.1, 0.15) is 42.5 Å². The number of carbonyl (C=O) groups excluding carboxylic acids is 1. The van der Waals surface area contributed by atoms with Gasteiger partial charge in [-0.15, -0.1) is 0 Å². The fourth-order valence-corrected chi connectivity index (χ4v) is 5.49. The number of benzene rings is 2. The molecule has 7 heteroatoms. The predicted molar refractivity (Wildman–Crippen MR) is 136 cm³/mol. The topological polar surface area (TPSA) is 76.5 Å². The van der Waals surface area contributed by atoms with Gasteiger partial charge in [0.25, 0.3) is 5.56 Å². The maximum atomic E-state index is 12.7. The predicted octanol–water partition coefficient (Wildman–Crippen LogP) is 3.34. The van der Waals surface area contributed by atoms with Crippen LogP contribution in [0.5, 0.6) is 0 Å². The van der Waals surface area contributed by atoms with Crippen molar-refractivity contribution in [3.63, 3.8) is 0 Å². The molecule has 3 heterocycles. The molecule has 1 spiro atoms. The standard InChI is InChI=1S/C28H34N4O3/c1-20-7-3-4-8-22(20)18-31-15-13-28(14-16-31)12-11-23(35-28)17-29-26(33)19-32-27(34)25-10-6-5-9-24(25)21(2)30-32/h3-10,23H,11-19H2,1-2H3,(H,29,33). The van der Waals surface area contributed by atoms with E-state index in [2.05, 4.69) is 46.5 Å². The van der Waals surface area contributed by atoms with Crippen LogP contribution >= 0.6 is 0 Å². The molecule has 2 saturated heterocycles. The van der Waals surface area contributed by atoms with E-state index in [1.165, 1.54) is 15.8 Å². The normalized spacial score (nSPS) is 19.9. The van der Waals surface area contributed by atoms with E-state index in [4.69, 9.17) is 4.74 Å². The fourth-order valence-electron chi connectivity index (χ4n) is 5.49. The third kappa shape index (κ3) is 5.16. The Morgan fingerprint density at radius 3 is 2.54 bits per heavy atom. The number of hydrogen-bond acceptors (Lipinski definition) is 5. The zero-order valence-electron chi connectivity index (χ0n) is 20.6.